The first-order valence-electron chi connectivity index (χ1n) is 4.92. The van der Waals surface area contributed by atoms with Crippen molar-refractivity contribution in [3.8, 4) is 6.07 Å². The summed E-state index contributed by atoms with van der Waals surface area (Å²) in [6.45, 7) is 13.4. The molecule has 0 bridgehead atoms. The molecular formula is C10H22N2Si. The van der Waals surface area contributed by atoms with E-state index >= 15 is 0 Å². The van der Waals surface area contributed by atoms with Gasteiger partial charge in [-0.25, -0.2) is 0 Å². The number of rotatable bonds is 3. The van der Waals surface area contributed by atoms with Gasteiger partial charge in [0.05, 0.1) is 12.1 Å². The van der Waals surface area contributed by atoms with Gasteiger partial charge in [0.25, 0.3) is 0 Å². The molecule has 1 N–H and O–H groups in total. The van der Waals surface area contributed by atoms with Crippen LogP contribution in [0, 0.1) is 11.3 Å². The number of hydrogen-bond donors (Lipinski definition) is 1. The van der Waals surface area contributed by atoms with Gasteiger partial charge in [0.1, 0.15) is 8.24 Å². The van der Waals surface area contributed by atoms with Crippen molar-refractivity contribution in [1.82, 2.24) is 4.98 Å². The SMILES string of the molecule is CCC(C#N)N[Si](C)(C)C(C)(C)C. The summed E-state index contributed by atoms with van der Waals surface area (Å²) in [4.78, 5) is 3.51. The van der Waals surface area contributed by atoms with Gasteiger partial charge in [-0.3, -0.25) is 0 Å². The van der Waals surface area contributed by atoms with E-state index in [0.29, 0.717) is 5.04 Å². The highest BCUT2D eigenvalue weighted by molar-refractivity contribution is 6.77. The predicted octanol–water partition coefficient (Wildman–Crippen LogP) is 2.88. The molecule has 0 amide bonds. The van der Waals surface area contributed by atoms with Crippen LogP contribution >= 0.6 is 0 Å². The minimum absolute atomic E-state index is 0.0286. The lowest BCUT2D eigenvalue weighted by Gasteiger charge is -2.38. The molecule has 76 valence electrons. The quantitative estimate of drug-likeness (QED) is 0.708. The average molecular weight is 198 g/mol. The summed E-state index contributed by atoms with van der Waals surface area (Å²) in [5, 5.41) is 9.17. The van der Waals surface area contributed by atoms with Crippen LogP contribution in [0.2, 0.25) is 18.1 Å². The molecule has 3 heteroatoms. The Morgan fingerprint density at radius 1 is 1.38 bits per heavy atom. The van der Waals surface area contributed by atoms with Crippen molar-refractivity contribution in [2.45, 2.75) is 58.3 Å². The highest BCUT2D eigenvalue weighted by Crippen LogP contribution is 2.34. The molecule has 0 heterocycles. The fourth-order valence-electron chi connectivity index (χ4n) is 0.878. The maximum atomic E-state index is 8.86. The average Bonchev–Trinajstić information content (AvgIpc) is 1.98. The summed E-state index contributed by atoms with van der Waals surface area (Å²) in [6.07, 6.45) is 0.892. The Bertz CT molecular complexity index is 198. The number of nitriles is 1. The maximum absolute atomic E-state index is 8.86. The van der Waals surface area contributed by atoms with Gasteiger partial charge in [-0.05, 0) is 11.5 Å². The van der Waals surface area contributed by atoms with Gasteiger partial charge in [-0.1, -0.05) is 40.8 Å². The highest BCUT2D eigenvalue weighted by Gasteiger charge is 2.36. The van der Waals surface area contributed by atoms with E-state index in [1.807, 2.05) is 6.92 Å². The Labute approximate surface area is 83.4 Å². The van der Waals surface area contributed by atoms with E-state index in [9.17, 15) is 0 Å². The molecule has 13 heavy (non-hydrogen) atoms. The van der Waals surface area contributed by atoms with Gasteiger partial charge in [0.2, 0.25) is 0 Å². The molecule has 0 fully saturated rings. The van der Waals surface area contributed by atoms with E-state index < -0.39 is 8.24 Å². The van der Waals surface area contributed by atoms with E-state index in [1.165, 1.54) is 0 Å². The van der Waals surface area contributed by atoms with Crippen LogP contribution < -0.4 is 4.98 Å². The Kier molecular flexibility index (Phi) is 4.14. The standard InChI is InChI=1S/C10H22N2Si/c1-7-9(8-11)12-13(5,6)10(2,3)4/h9,12H,7H2,1-6H3. The molecule has 0 spiro atoms. The van der Waals surface area contributed by atoms with Crippen molar-refractivity contribution >= 4 is 8.24 Å². The van der Waals surface area contributed by atoms with E-state index in [0.717, 1.165) is 6.42 Å². The van der Waals surface area contributed by atoms with E-state index in [2.05, 4.69) is 44.9 Å². The lowest BCUT2D eigenvalue weighted by Crippen LogP contribution is -2.55. The van der Waals surface area contributed by atoms with E-state index in [1.54, 1.807) is 0 Å². The first kappa shape index (κ1) is 12.7. The fourth-order valence-corrected chi connectivity index (χ4v) is 2.45. The van der Waals surface area contributed by atoms with Crippen molar-refractivity contribution in [2.75, 3.05) is 0 Å². The Balaban J connectivity index is 4.43. The molecule has 0 aliphatic heterocycles. The Hall–Kier alpha value is -0.333. The second-order valence-electron chi connectivity index (χ2n) is 5.11. The normalized spacial score (nSPS) is 15.2. The van der Waals surface area contributed by atoms with Gasteiger partial charge >= 0.3 is 0 Å². The minimum Gasteiger partial charge on any atom is -0.322 e. The lowest BCUT2D eigenvalue weighted by atomic mass is 10.2. The molecule has 0 aliphatic carbocycles. The zero-order valence-electron chi connectivity index (χ0n) is 9.73. The summed E-state index contributed by atoms with van der Waals surface area (Å²) in [7, 11) is -1.48. The second kappa shape index (κ2) is 4.25. The topological polar surface area (TPSA) is 35.8 Å². The van der Waals surface area contributed by atoms with Gasteiger partial charge < -0.3 is 4.98 Å². The third-order valence-electron chi connectivity index (χ3n) is 2.97. The van der Waals surface area contributed by atoms with Gasteiger partial charge in [0.15, 0.2) is 0 Å². The van der Waals surface area contributed by atoms with Crippen LogP contribution in [0.15, 0.2) is 0 Å². The molecule has 0 saturated carbocycles. The van der Waals surface area contributed by atoms with Crippen LogP contribution in [0.3, 0.4) is 0 Å². The maximum Gasteiger partial charge on any atom is 0.125 e. The van der Waals surface area contributed by atoms with Crippen LogP contribution in [0.1, 0.15) is 34.1 Å². The zero-order chi connectivity index (χ0) is 10.7. The molecule has 0 aromatic heterocycles. The van der Waals surface area contributed by atoms with E-state index in [4.69, 9.17) is 5.26 Å². The zero-order valence-corrected chi connectivity index (χ0v) is 10.7. The summed E-state index contributed by atoms with van der Waals surface area (Å²) < 4.78 is 0. The first-order chi connectivity index (χ1) is 5.74. The van der Waals surface area contributed by atoms with Crippen molar-refractivity contribution in [1.29, 1.82) is 5.26 Å². The largest absolute Gasteiger partial charge is 0.322 e. The molecule has 0 saturated heterocycles. The van der Waals surface area contributed by atoms with Crippen LogP contribution in [0.5, 0.6) is 0 Å². The third-order valence-corrected chi connectivity index (χ3v) is 7.79. The molecule has 1 atom stereocenters. The third kappa shape index (κ3) is 3.49. The smallest absolute Gasteiger partial charge is 0.125 e. The molecule has 0 aromatic carbocycles. The van der Waals surface area contributed by atoms with Crippen LogP contribution in [-0.4, -0.2) is 14.3 Å². The monoisotopic (exact) mass is 198 g/mol. The second-order valence-corrected chi connectivity index (χ2v) is 10.1. The summed E-state index contributed by atoms with van der Waals surface area (Å²) in [5.41, 5.74) is 0. The summed E-state index contributed by atoms with van der Waals surface area (Å²) >= 11 is 0. The van der Waals surface area contributed by atoms with Crippen LogP contribution in [0.25, 0.3) is 0 Å². The Morgan fingerprint density at radius 3 is 2.08 bits per heavy atom. The van der Waals surface area contributed by atoms with Gasteiger partial charge in [-0.15, -0.1) is 0 Å². The molecule has 0 radical (unpaired) electrons. The van der Waals surface area contributed by atoms with Crippen molar-refractivity contribution in [3.05, 3.63) is 0 Å². The molecule has 0 aromatic rings. The van der Waals surface area contributed by atoms with Gasteiger partial charge in [0, 0.05) is 0 Å². The molecule has 0 aliphatic rings. The first-order valence-corrected chi connectivity index (χ1v) is 7.92. The summed E-state index contributed by atoms with van der Waals surface area (Å²) in [6, 6.07) is 2.33. The van der Waals surface area contributed by atoms with Crippen LogP contribution in [-0.2, 0) is 0 Å². The minimum atomic E-state index is -1.48. The predicted molar refractivity (Wildman–Crippen MR) is 60.0 cm³/mol. The van der Waals surface area contributed by atoms with E-state index in [-0.39, 0.29) is 6.04 Å². The summed E-state index contributed by atoms with van der Waals surface area (Å²) in [5.74, 6) is 0. The fraction of sp³-hybridized carbons (Fsp3) is 0.900. The molecular weight excluding hydrogens is 176 g/mol. The highest BCUT2D eigenvalue weighted by atomic mass is 28.3. The van der Waals surface area contributed by atoms with Crippen molar-refractivity contribution in [2.24, 2.45) is 0 Å². The van der Waals surface area contributed by atoms with Crippen molar-refractivity contribution in [3.63, 3.8) is 0 Å². The molecule has 2 nitrogen and oxygen atoms in total. The number of hydrogen-bond acceptors (Lipinski definition) is 2. The number of nitrogens with one attached hydrogen (secondary N) is 1. The molecule has 1 unspecified atom stereocenters. The van der Waals surface area contributed by atoms with Crippen molar-refractivity contribution < 1.29 is 0 Å². The number of nitrogens with zero attached hydrogens (tertiary/aromatic N) is 1. The lowest BCUT2D eigenvalue weighted by molar-refractivity contribution is 0.641. The molecule has 0 rings (SSSR count). The van der Waals surface area contributed by atoms with Gasteiger partial charge in [-0.2, -0.15) is 5.26 Å². The van der Waals surface area contributed by atoms with Crippen LogP contribution in [0.4, 0.5) is 0 Å². The Morgan fingerprint density at radius 2 is 1.85 bits per heavy atom.